The zero-order valence-corrected chi connectivity index (χ0v) is 15.1. The van der Waals surface area contributed by atoms with Gasteiger partial charge in [0.15, 0.2) is 11.2 Å². The van der Waals surface area contributed by atoms with E-state index < -0.39 is 0 Å². The molecule has 3 heterocycles. The number of aromatic nitrogens is 4. The molecule has 0 radical (unpaired) electrons. The number of hydrogen-bond donors (Lipinski definition) is 0. The standard InChI is InChI=1S/C17H26N4O3/c1-11(6-7-12-17(2,3)24-12)8-9-21-15(22)13-14(18-10-19(13)4)20(5)16(21)23/h10-12H,6-9H2,1-5H3. The first-order chi connectivity index (χ1) is 11.2. The van der Waals surface area contributed by atoms with E-state index in [4.69, 9.17) is 4.74 Å². The first kappa shape index (κ1) is 17.0. The molecule has 2 aromatic rings. The number of epoxide rings is 1. The molecular formula is C17H26N4O3. The van der Waals surface area contributed by atoms with Crippen LogP contribution in [0.4, 0.5) is 0 Å². The molecule has 7 heteroatoms. The fourth-order valence-corrected chi connectivity index (χ4v) is 3.26. The minimum absolute atomic E-state index is 0.0250. The van der Waals surface area contributed by atoms with E-state index in [-0.39, 0.29) is 16.9 Å². The third kappa shape index (κ3) is 2.92. The summed E-state index contributed by atoms with van der Waals surface area (Å²) in [4.78, 5) is 29.2. The van der Waals surface area contributed by atoms with Crippen LogP contribution in [0.15, 0.2) is 15.9 Å². The van der Waals surface area contributed by atoms with Crippen LogP contribution in [-0.4, -0.2) is 30.4 Å². The lowest BCUT2D eigenvalue weighted by atomic mass is 9.97. The predicted molar refractivity (Wildman–Crippen MR) is 92.2 cm³/mol. The van der Waals surface area contributed by atoms with E-state index in [9.17, 15) is 9.59 Å². The van der Waals surface area contributed by atoms with E-state index in [1.807, 2.05) is 0 Å². The van der Waals surface area contributed by atoms with Crippen molar-refractivity contribution in [2.24, 2.45) is 20.0 Å². The van der Waals surface area contributed by atoms with E-state index >= 15 is 0 Å². The summed E-state index contributed by atoms with van der Waals surface area (Å²) < 4.78 is 10.1. The topological polar surface area (TPSA) is 74.3 Å². The smallest absolute Gasteiger partial charge is 0.332 e. The lowest BCUT2D eigenvalue weighted by molar-refractivity contribution is 0.311. The fourth-order valence-electron chi connectivity index (χ4n) is 3.26. The van der Waals surface area contributed by atoms with Crippen molar-refractivity contribution in [1.29, 1.82) is 0 Å². The quantitative estimate of drug-likeness (QED) is 0.749. The Hall–Kier alpha value is -1.89. The molecule has 132 valence electrons. The first-order valence-electron chi connectivity index (χ1n) is 8.51. The molecule has 7 nitrogen and oxygen atoms in total. The molecule has 1 aliphatic heterocycles. The summed E-state index contributed by atoms with van der Waals surface area (Å²) in [6.45, 7) is 6.81. The van der Waals surface area contributed by atoms with Gasteiger partial charge >= 0.3 is 5.69 Å². The molecule has 0 spiro atoms. The maximum absolute atomic E-state index is 12.6. The van der Waals surface area contributed by atoms with E-state index in [1.54, 1.807) is 25.0 Å². The summed E-state index contributed by atoms with van der Waals surface area (Å²) in [6, 6.07) is 0. The van der Waals surface area contributed by atoms with Crippen molar-refractivity contribution < 1.29 is 4.74 Å². The van der Waals surface area contributed by atoms with Gasteiger partial charge in [-0.25, -0.2) is 9.78 Å². The average molecular weight is 334 g/mol. The van der Waals surface area contributed by atoms with Gasteiger partial charge in [0.25, 0.3) is 5.56 Å². The van der Waals surface area contributed by atoms with Crippen molar-refractivity contribution in [3.05, 3.63) is 27.2 Å². The number of ether oxygens (including phenoxy) is 1. The Morgan fingerprint density at radius 2 is 1.96 bits per heavy atom. The summed E-state index contributed by atoms with van der Waals surface area (Å²) in [5, 5.41) is 0. The summed E-state index contributed by atoms with van der Waals surface area (Å²) >= 11 is 0. The van der Waals surface area contributed by atoms with Gasteiger partial charge in [-0.15, -0.1) is 0 Å². The van der Waals surface area contributed by atoms with Gasteiger partial charge in [-0.05, 0) is 39.0 Å². The van der Waals surface area contributed by atoms with E-state index in [0.29, 0.717) is 29.7 Å². The zero-order valence-electron chi connectivity index (χ0n) is 15.1. The largest absolute Gasteiger partial charge is 0.367 e. The number of fused-ring (bicyclic) bond motifs is 1. The lowest BCUT2D eigenvalue weighted by Crippen LogP contribution is -2.39. The maximum Gasteiger partial charge on any atom is 0.332 e. The molecule has 0 aliphatic carbocycles. The van der Waals surface area contributed by atoms with Gasteiger partial charge in [-0.3, -0.25) is 13.9 Å². The SMILES string of the molecule is CC(CCC1OC1(C)C)CCn1c(=O)c2c(ncn2C)n(C)c1=O. The molecule has 0 bridgehead atoms. The zero-order chi connectivity index (χ0) is 17.6. The van der Waals surface area contributed by atoms with Crippen molar-refractivity contribution in [3.8, 4) is 0 Å². The second-order valence-electron chi connectivity index (χ2n) is 7.51. The molecule has 0 N–H and O–H groups in total. The van der Waals surface area contributed by atoms with Crippen LogP contribution in [0.3, 0.4) is 0 Å². The highest BCUT2D eigenvalue weighted by molar-refractivity contribution is 5.69. The average Bonchev–Trinajstić information content (AvgIpc) is 2.94. The highest BCUT2D eigenvalue weighted by atomic mass is 16.6. The summed E-state index contributed by atoms with van der Waals surface area (Å²) in [5.74, 6) is 0.434. The third-order valence-corrected chi connectivity index (χ3v) is 5.13. The number of rotatable bonds is 6. The minimum Gasteiger partial charge on any atom is -0.367 e. The molecule has 3 rings (SSSR count). The molecule has 2 unspecified atom stereocenters. The van der Waals surface area contributed by atoms with Crippen molar-refractivity contribution >= 4 is 11.2 Å². The normalized spacial score (nSPS) is 20.5. The van der Waals surface area contributed by atoms with Gasteiger partial charge < -0.3 is 9.30 Å². The van der Waals surface area contributed by atoms with Crippen LogP contribution in [0.25, 0.3) is 11.2 Å². The van der Waals surface area contributed by atoms with Gasteiger partial charge in [0.2, 0.25) is 0 Å². The second-order valence-corrected chi connectivity index (χ2v) is 7.51. The van der Waals surface area contributed by atoms with Crippen LogP contribution in [0, 0.1) is 5.92 Å². The minimum atomic E-state index is -0.301. The highest BCUT2D eigenvalue weighted by Gasteiger charge is 2.46. The van der Waals surface area contributed by atoms with Gasteiger partial charge in [0.1, 0.15) is 0 Å². The number of imidazole rings is 1. The molecule has 1 saturated heterocycles. The Morgan fingerprint density at radius 1 is 1.29 bits per heavy atom. The molecule has 1 fully saturated rings. The molecule has 2 aromatic heterocycles. The Balaban J connectivity index is 1.72. The predicted octanol–water partition coefficient (Wildman–Crippen LogP) is 1.42. The molecule has 24 heavy (non-hydrogen) atoms. The number of nitrogens with zero attached hydrogens (tertiary/aromatic N) is 4. The summed E-state index contributed by atoms with van der Waals surface area (Å²) in [7, 11) is 3.43. The Bertz CT molecular complexity index is 874. The second kappa shape index (κ2) is 5.88. The van der Waals surface area contributed by atoms with Crippen LogP contribution < -0.4 is 11.2 Å². The van der Waals surface area contributed by atoms with Gasteiger partial charge in [-0.1, -0.05) is 6.92 Å². The Labute approximate surface area is 140 Å². The van der Waals surface area contributed by atoms with Crippen LogP contribution in [0.2, 0.25) is 0 Å². The maximum atomic E-state index is 12.6. The first-order valence-corrected chi connectivity index (χ1v) is 8.51. The highest BCUT2D eigenvalue weighted by Crippen LogP contribution is 2.39. The molecule has 0 aromatic carbocycles. The van der Waals surface area contributed by atoms with Crippen molar-refractivity contribution in [1.82, 2.24) is 18.7 Å². The molecular weight excluding hydrogens is 308 g/mol. The number of aryl methyl sites for hydroxylation is 2. The van der Waals surface area contributed by atoms with Crippen LogP contribution in [0.5, 0.6) is 0 Å². The van der Waals surface area contributed by atoms with Gasteiger partial charge in [0.05, 0.1) is 18.0 Å². The van der Waals surface area contributed by atoms with Gasteiger partial charge in [-0.2, -0.15) is 0 Å². The monoisotopic (exact) mass is 334 g/mol. The molecule has 2 atom stereocenters. The Kier molecular flexibility index (Phi) is 4.15. The van der Waals surface area contributed by atoms with Crippen LogP contribution in [-0.2, 0) is 25.4 Å². The summed E-state index contributed by atoms with van der Waals surface area (Å²) in [5.41, 5.74) is 0.372. The number of hydrogen-bond acceptors (Lipinski definition) is 4. The third-order valence-electron chi connectivity index (χ3n) is 5.13. The Morgan fingerprint density at radius 3 is 2.58 bits per heavy atom. The van der Waals surface area contributed by atoms with E-state index in [0.717, 1.165) is 19.3 Å². The van der Waals surface area contributed by atoms with Crippen molar-refractivity contribution in [2.45, 2.75) is 58.3 Å². The van der Waals surface area contributed by atoms with Crippen molar-refractivity contribution in [3.63, 3.8) is 0 Å². The lowest BCUT2D eigenvalue weighted by Gasteiger charge is -2.13. The molecule has 0 saturated carbocycles. The molecule has 0 amide bonds. The van der Waals surface area contributed by atoms with Crippen molar-refractivity contribution in [2.75, 3.05) is 0 Å². The molecule has 1 aliphatic rings. The fraction of sp³-hybridized carbons (Fsp3) is 0.706. The van der Waals surface area contributed by atoms with E-state index in [2.05, 4.69) is 25.8 Å². The van der Waals surface area contributed by atoms with E-state index in [1.165, 1.54) is 9.13 Å². The summed E-state index contributed by atoms with van der Waals surface area (Å²) in [6.07, 6.45) is 4.78. The van der Waals surface area contributed by atoms with Crippen LogP contribution >= 0.6 is 0 Å². The van der Waals surface area contributed by atoms with Gasteiger partial charge in [0, 0.05) is 20.6 Å². The van der Waals surface area contributed by atoms with Crippen LogP contribution in [0.1, 0.15) is 40.0 Å².